The lowest BCUT2D eigenvalue weighted by Gasteiger charge is -2.21. The highest BCUT2D eigenvalue weighted by Crippen LogP contribution is 2.31. The van der Waals surface area contributed by atoms with Crippen molar-refractivity contribution in [1.29, 1.82) is 0 Å². The van der Waals surface area contributed by atoms with E-state index in [0.29, 0.717) is 6.54 Å². The molecule has 0 spiro atoms. The molecular weight excluding hydrogens is 258 g/mol. The SMILES string of the molecule is O=S(=O)(CCCl)N(Cc1ccccc1)C1CC1. The van der Waals surface area contributed by atoms with Crippen molar-refractivity contribution in [3.05, 3.63) is 35.9 Å². The van der Waals surface area contributed by atoms with Crippen molar-refractivity contribution in [1.82, 2.24) is 4.31 Å². The molecule has 1 aliphatic carbocycles. The maximum absolute atomic E-state index is 12.1. The monoisotopic (exact) mass is 273 g/mol. The third-order valence-electron chi connectivity index (χ3n) is 2.83. The van der Waals surface area contributed by atoms with E-state index >= 15 is 0 Å². The van der Waals surface area contributed by atoms with E-state index in [-0.39, 0.29) is 17.7 Å². The third kappa shape index (κ3) is 3.44. The summed E-state index contributed by atoms with van der Waals surface area (Å²) in [7, 11) is -3.21. The van der Waals surface area contributed by atoms with Gasteiger partial charge in [-0.05, 0) is 18.4 Å². The van der Waals surface area contributed by atoms with Gasteiger partial charge in [-0.25, -0.2) is 8.42 Å². The summed E-state index contributed by atoms with van der Waals surface area (Å²) in [6.45, 7) is 0.463. The van der Waals surface area contributed by atoms with E-state index in [1.807, 2.05) is 30.3 Å². The molecule has 0 aromatic heterocycles. The molecule has 17 heavy (non-hydrogen) atoms. The van der Waals surface area contributed by atoms with Gasteiger partial charge in [0.15, 0.2) is 0 Å². The largest absolute Gasteiger partial charge is 0.215 e. The Kier molecular flexibility index (Phi) is 4.07. The molecule has 3 nitrogen and oxygen atoms in total. The molecule has 1 saturated carbocycles. The van der Waals surface area contributed by atoms with E-state index in [2.05, 4.69) is 0 Å². The molecule has 94 valence electrons. The van der Waals surface area contributed by atoms with Crippen LogP contribution in [-0.4, -0.2) is 30.4 Å². The van der Waals surface area contributed by atoms with Gasteiger partial charge in [0.1, 0.15) is 0 Å². The van der Waals surface area contributed by atoms with Crippen molar-refractivity contribution < 1.29 is 8.42 Å². The maximum Gasteiger partial charge on any atom is 0.215 e. The van der Waals surface area contributed by atoms with Gasteiger partial charge >= 0.3 is 0 Å². The van der Waals surface area contributed by atoms with Gasteiger partial charge in [0, 0.05) is 18.5 Å². The maximum atomic E-state index is 12.1. The van der Waals surface area contributed by atoms with Crippen molar-refractivity contribution >= 4 is 21.6 Å². The van der Waals surface area contributed by atoms with Crippen LogP contribution in [0.4, 0.5) is 0 Å². The number of sulfonamides is 1. The summed E-state index contributed by atoms with van der Waals surface area (Å²) in [4.78, 5) is 0. The molecular formula is C12H16ClNO2S. The van der Waals surface area contributed by atoms with Gasteiger partial charge in [0.2, 0.25) is 10.0 Å². The predicted octanol–water partition coefficient (Wildman–Crippen LogP) is 2.22. The minimum atomic E-state index is -3.21. The van der Waals surface area contributed by atoms with Crippen LogP contribution in [-0.2, 0) is 16.6 Å². The van der Waals surface area contributed by atoms with Gasteiger partial charge in [0.25, 0.3) is 0 Å². The summed E-state index contributed by atoms with van der Waals surface area (Å²) in [5.74, 6) is 0.179. The molecule has 1 aromatic rings. The summed E-state index contributed by atoms with van der Waals surface area (Å²) < 4.78 is 25.7. The zero-order chi connectivity index (χ0) is 12.3. The minimum absolute atomic E-state index is 0.0257. The Morgan fingerprint density at radius 1 is 1.24 bits per heavy atom. The van der Waals surface area contributed by atoms with Crippen molar-refractivity contribution in [3.63, 3.8) is 0 Å². The zero-order valence-electron chi connectivity index (χ0n) is 9.55. The summed E-state index contributed by atoms with van der Waals surface area (Å²) >= 11 is 5.55. The Balaban J connectivity index is 2.13. The number of halogens is 1. The molecule has 0 radical (unpaired) electrons. The van der Waals surface area contributed by atoms with E-state index in [1.54, 1.807) is 4.31 Å². The van der Waals surface area contributed by atoms with E-state index in [4.69, 9.17) is 11.6 Å². The smallest absolute Gasteiger partial charge is 0.212 e. The molecule has 5 heteroatoms. The molecule has 0 N–H and O–H groups in total. The molecule has 0 bridgehead atoms. The van der Waals surface area contributed by atoms with Gasteiger partial charge < -0.3 is 0 Å². The summed E-state index contributed by atoms with van der Waals surface area (Å²) in [6.07, 6.45) is 1.93. The lowest BCUT2D eigenvalue weighted by Crippen LogP contribution is -2.34. The molecule has 0 heterocycles. The first-order chi connectivity index (χ1) is 8.13. The first-order valence-corrected chi connectivity index (χ1v) is 7.87. The number of rotatable bonds is 6. The van der Waals surface area contributed by atoms with Crippen molar-refractivity contribution in [3.8, 4) is 0 Å². The lowest BCUT2D eigenvalue weighted by atomic mass is 10.2. The second-order valence-corrected chi connectivity index (χ2v) is 6.69. The first kappa shape index (κ1) is 12.9. The lowest BCUT2D eigenvalue weighted by molar-refractivity contribution is 0.399. The first-order valence-electron chi connectivity index (χ1n) is 5.73. The Morgan fingerprint density at radius 2 is 1.88 bits per heavy atom. The van der Waals surface area contributed by atoms with Crippen LogP contribution in [0, 0.1) is 0 Å². The van der Waals surface area contributed by atoms with Gasteiger partial charge in [-0.2, -0.15) is 4.31 Å². The van der Waals surface area contributed by atoms with Crippen molar-refractivity contribution in [2.24, 2.45) is 0 Å². The fourth-order valence-corrected chi connectivity index (χ4v) is 3.82. The predicted molar refractivity (Wildman–Crippen MR) is 69.5 cm³/mol. The van der Waals surface area contributed by atoms with Gasteiger partial charge in [-0.1, -0.05) is 30.3 Å². The Labute approximate surface area is 107 Å². The number of nitrogens with zero attached hydrogens (tertiary/aromatic N) is 1. The second kappa shape index (κ2) is 5.38. The second-order valence-electron chi connectivity index (χ2n) is 4.27. The molecule has 0 aliphatic heterocycles. The highest BCUT2D eigenvalue weighted by Gasteiger charge is 2.36. The van der Waals surface area contributed by atoms with Crippen LogP contribution >= 0.6 is 11.6 Å². The number of hydrogen-bond donors (Lipinski definition) is 0. The van der Waals surface area contributed by atoms with E-state index < -0.39 is 10.0 Å². The third-order valence-corrected chi connectivity index (χ3v) is 5.10. The fourth-order valence-electron chi connectivity index (χ4n) is 1.80. The van der Waals surface area contributed by atoms with E-state index in [9.17, 15) is 8.42 Å². The summed E-state index contributed by atoms with van der Waals surface area (Å²) in [6, 6.07) is 9.86. The molecule has 0 unspecified atom stereocenters. The Hall–Kier alpha value is -0.580. The Bertz CT molecular complexity index is 457. The van der Waals surface area contributed by atoms with Crippen LogP contribution in [0.3, 0.4) is 0 Å². The van der Waals surface area contributed by atoms with Crippen LogP contribution in [0.15, 0.2) is 30.3 Å². The van der Waals surface area contributed by atoms with E-state index in [1.165, 1.54) is 0 Å². The van der Waals surface area contributed by atoms with E-state index in [0.717, 1.165) is 18.4 Å². The average molecular weight is 274 g/mol. The molecule has 1 aromatic carbocycles. The number of benzene rings is 1. The average Bonchev–Trinajstić information content (AvgIpc) is 3.11. The van der Waals surface area contributed by atoms with Crippen LogP contribution < -0.4 is 0 Å². The van der Waals surface area contributed by atoms with Crippen LogP contribution in [0.1, 0.15) is 18.4 Å². The zero-order valence-corrected chi connectivity index (χ0v) is 11.1. The molecule has 1 fully saturated rings. The Morgan fingerprint density at radius 3 is 2.41 bits per heavy atom. The topological polar surface area (TPSA) is 37.4 Å². The van der Waals surface area contributed by atoms with Crippen molar-refractivity contribution in [2.75, 3.05) is 11.6 Å². The summed E-state index contributed by atoms with van der Waals surface area (Å²) in [5.41, 5.74) is 1.03. The van der Waals surface area contributed by atoms with Crippen LogP contribution in [0.25, 0.3) is 0 Å². The fraction of sp³-hybridized carbons (Fsp3) is 0.500. The van der Waals surface area contributed by atoms with Crippen LogP contribution in [0.2, 0.25) is 0 Å². The molecule has 0 atom stereocenters. The normalized spacial score (nSPS) is 16.4. The minimum Gasteiger partial charge on any atom is -0.212 e. The standard InChI is InChI=1S/C12H16ClNO2S/c13-8-9-17(15,16)14(12-6-7-12)10-11-4-2-1-3-5-11/h1-5,12H,6-10H2. The highest BCUT2D eigenvalue weighted by molar-refractivity contribution is 7.89. The highest BCUT2D eigenvalue weighted by atomic mass is 35.5. The van der Waals surface area contributed by atoms with Gasteiger partial charge in [-0.15, -0.1) is 11.6 Å². The van der Waals surface area contributed by atoms with Crippen LogP contribution in [0.5, 0.6) is 0 Å². The number of alkyl halides is 1. The molecule has 0 saturated heterocycles. The van der Waals surface area contributed by atoms with Gasteiger partial charge in [0.05, 0.1) is 5.75 Å². The molecule has 1 aliphatic rings. The van der Waals surface area contributed by atoms with Gasteiger partial charge in [-0.3, -0.25) is 0 Å². The molecule has 2 rings (SSSR count). The van der Waals surface area contributed by atoms with Crippen molar-refractivity contribution in [2.45, 2.75) is 25.4 Å². The summed E-state index contributed by atoms with van der Waals surface area (Å²) in [5, 5.41) is 0. The number of hydrogen-bond acceptors (Lipinski definition) is 2. The molecule has 0 amide bonds. The quantitative estimate of drug-likeness (QED) is 0.746.